The fourth-order valence-corrected chi connectivity index (χ4v) is 1.73. The van der Waals surface area contributed by atoms with Crippen molar-refractivity contribution in [3.05, 3.63) is 23.3 Å². The Morgan fingerprint density at radius 2 is 1.89 bits per heavy atom. The zero-order valence-electron chi connectivity index (χ0n) is 11.1. The first-order chi connectivity index (χ1) is 8.58. The van der Waals surface area contributed by atoms with Gasteiger partial charge in [0.05, 0.1) is 20.8 Å². The molecule has 5 nitrogen and oxygen atoms in total. The van der Waals surface area contributed by atoms with Crippen LogP contribution in [-0.2, 0) is 11.2 Å². The van der Waals surface area contributed by atoms with Gasteiger partial charge in [-0.2, -0.15) is 0 Å². The van der Waals surface area contributed by atoms with E-state index in [9.17, 15) is 4.79 Å². The van der Waals surface area contributed by atoms with Crippen molar-refractivity contribution in [1.29, 1.82) is 0 Å². The number of benzene rings is 1. The van der Waals surface area contributed by atoms with E-state index in [0.717, 1.165) is 23.3 Å². The molecule has 0 saturated heterocycles. The number of methoxy groups -OCH3 is 2. The fourth-order valence-electron chi connectivity index (χ4n) is 1.73. The van der Waals surface area contributed by atoms with Gasteiger partial charge >= 0.3 is 0 Å². The van der Waals surface area contributed by atoms with Gasteiger partial charge in [-0.3, -0.25) is 4.79 Å². The maximum absolute atomic E-state index is 10.6. The summed E-state index contributed by atoms with van der Waals surface area (Å²) in [5, 5.41) is 2.98. The number of rotatable bonds is 7. The first-order valence-electron chi connectivity index (χ1n) is 5.79. The van der Waals surface area contributed by atoms with Crippen molar-refractivity contribution in [1.82, 2.24) is 5.32 Å². The third kappa shape index (κ3) is 3.92. The highest BCUT2D eigenvalue weighted by Crippen LogP contribution is 2.30. The number of nitrogens with one attached hydrogen (secondary N) is 1. The van der Waals surface area contributed by atoms with Crippen LogP contribution in [0, 0.1) is 6.92 Å². The molecule has 1 amide bonds. The molecule has 0 aliphatic rings. The van der Waals surface area contributed by atoms with Crippen LogP contribution in [-0.4, -0.2) is 33.2 Å². The minimum absolute atomic E-state index is 0.201. The second-order valence-corrected chi connectivity index (χ2v) is 4.03. The largest absolute Gasteiger partial charge is 0.493 e. The molecule has 0 saturated carbocycles. The molecule has 5 heteroatoms. The molecule has 3 N–H and O–H groups in total. The normalized spacial score (nSPS) is 10.2. The molecule has 0 radical (unpaired) electrons. The molecular weight excluding hydrogens is 232 g/mol. The van der Waals surface area contributed by atoms with Gasteiger partial charge in [0.1, 0.15) is 0 Å². The van der Waals surface area contributed by atoms with Crippen molar-refractivity contribution in [2.45, 2.75) is 13.3 Å². The standard InChI is InChI=1S/C13H20N2O3/c1-9-6-11(17-2)12(18-3)7-10(9)4-5-15-8-13(14)16/h6-7,15H,4-5,8H2,1-3H3,(H2,14,16). The molecule has 0 atom stereocenters. The van der Waals surface area contributed by atoms with Gasteiger partial charge in [-0.15, -0.1) is 0 Å². The van der Waals surface area contributed by atoms with E-state index >= 15 is 0 Å². The maximum Gasteiger partial charge on any atom is 0.231 e. The van der Waals surface area contributed by atoms with Crippen LogP contribution in [0.3, 0.4) is 0 Å². The molecule has 0 fully saturated rings. The van der Waals surface area contributed by atoms with Gasteiger partial charge in [-0.1, -0.05) is 0 Å². The van der Waals surface area contributed by atoms with Gasteiger partial charge in [0.15, 0.2) is 11.5 Å². The van der Waals surface area contributed by atoms with Crippen molar-refractivity contribution < 1.29 is 14.3 Å². The Labute approximate surface area is 107 Å². The highest BCUT2D eigenvalue weighted by atomic mass is 16.5. The number of amides is 1. The second kappa shape index (κ2) is 6.86. The smallest absolute Gasteiger partial charge is 0.231 e. The third-order valence-electron chi connectivity index (χ3n) is 2.71. The van der Waals surface area contributed by atoms with E-state index in [2.05, 4.69) is 5.32 Å². The zero-order chi connectivity index (χ0) is 13.5. The maximum atomic E-state index is 10.6. The van der Waals surface area contributed by atoms with E-state index in [1.807, 2.05) is 19.1 Å². The van der Waals surface area contributed by atoms with Gasteiger partial charge in [0.2, 0.25) is 5.91 Å². The molecule has 0 unspecified atom stereocenters. The van der Waals surface area contributed by atoms with Crippen LogP contribution in [0.4, 0.5) is 0 Å². The summed E-state index contributed by atoms with van der Waals surface area (Å²) in [6.07, 6.45) is 0.805. The van der Waals surface area contributed by atoms with Crippen molar-refractivity contribution >= 4 is 5.91 Å². The minimum Gasteiger partial charge on any atom is -0.493 e. The molecule has 0 aliphatic carbocycles. The molecule has 1 aromatic carbocycles. The summed E-state index contributed by atoms with van der Waals surface area (Å²) in [6, 6.07) is 3.91. The predicted octanol–water partition coefficient (Wildman–Crippen LogP) is 0.630. The fraction of sp³-hybridized carbons (Fsp3) is 0.462. The molecule has 0 aliphatic heterocycles. The Hall–Kier alpha value is -1.75. The number of nitrogens with two attached hydrogens (primary N) is 1. The number of carbonyl (C=O) groups excluding carboxylic acids is 1. The quantitative estimate of drug-likeness (QED) is 0.698. The SMILES string of the molecule is COc1cc(C)c(CCNCC(N)=O)cc1OC. The Morgan fingerprint density at radius 1 is 1.28 bits per heavy atom. The van der Waals surface area contributed by atoms with E-state index in [0.29, 0.717) is 12.3 Å². The van der Waals surface area contributed by atoms with E-state index in [-0.39, 0.29) is 12.5 Å². The van der Waals surface area contributed by atoms with E-state index < -0.39 is 0 Å². The summed E-state index contributed by atoms with van der Waals surface area (Å²) in [5.41, 5.74) is 7.34. The van der Waals surface area contributed by atoms with Crippen LogP contribution in [0.2, 0.25) is 0 Å². The van der Waals surface area contributed by atoms with Crippen LogP contribution in [0.5, 0.6) is 11.5 Å². The van der Waals surface area contributed by atoms with Gasteiger partial charge in [0.25, 0.3) is 0 Å². The van der Waals surface area contributed by atoms with E-state index in [4.69, 9.17) is 15.2 Å². The summed E-state index contributed by atoms with van der Waals surface area (Å²) in [4.78, 5) is 10.6. The Balaban J connectivity index is 2.68. The third-order valence-corrected chi connectivity index (χ3v) is 2.71. The molecule has 1 aromatic rings. The monoisotopic (exact) mass is 252 g/mol. The average Bonchev–Trinajstić information content (AvgIpc) is 2.35. The van der Waals surface area contributed by atoms with Crippen molar-refractivity contribution in [3.8, 4) is 11.5 Å². The molecule has 0 bridgehead atoms. The average molecular weight is 252 g/mol. The van der Waals surface area contributed by atoms with Crippen molar-refractivity contribution in [2.75, 3.05) is 27.3 Å². The second-order valence-electron chi connectivity index (χ2n) is 4.03. The summed E-state index contributed by atoms with van der Waals surface area (Å²) in [6.45, 7) is 2.91. The number of aryl methyl sites for hydroxylation is 1. The Bertz CT molecular complexity index is 419. The predicted molar refractivity (Wildman–Crippen MR) is 70.1 cm³/mol. The summed E-state index contributed by atoms with van der Waals surface area (Å²) in [7, 11) is 3.23. The molecule has 0 spiro atoms. The zero-order valence-corrected chi connectivity index (χ0v) is 11.1. The van der Waals surface area contributed by atoms with Crippen LogP contribution < -0.4 is 20.5 Å². The molecular formula is C13H20N2O3. The summed E-state index contributed by atoms with van der Waals surface area (Å²) >= 11 is 0. The lowest BCUT2D eigenvalue weighted by Gasteiger charge is -2.12. The highest BCUT2D eigenvalue weighted by Gasteiger charge is 2.08. The number of primary amides is 1. The molecule has 100 valence electrons. The summed E-state index contributed by atoms with van der Waals surface area (Å²) < 4.78 is 10.5. The molecule has 0 heterocycles. The minimum atomic E-state index is -0.348. The van der Waals surface area contributed by atoms with E-state index in [1.165, 1.54) is 0 Å². The molecule has 0 aromatic heterocycles. The van der Waals surface area contributed by atoms with Gasteiger partial charge < -0.3 is 20.5 Å². The van der Waals surface area contributed by atoms with Gasteiger partial charge in [-0.25, -0.2) is 0 Å². The summed E-state index contributed by atoms with van der Waals surface area (Å²) in [5.74, 6) is 1.09. The lowest BCUT2D eigenvalue weighted by Crippen LogP contribution is -2.30. The number of hydrogen-bond acceptors (Lipinski definition) is 4. The van der Waals surface area contributed by atoms with Crippen LogP contribution in [0.1, 0.15) is 11.1 Å². The lowest BCUT2D eigenvalue weighted by molar-refractivity contribution is -0.117. The first kappa shape index (κ1) is 14.3. The number of ether oxygens (including phenoxy) is 2. The molecule has 1 rings (SSSR count). The van der Waals surface area contributed by atoms with Crippen molar-refractivity contribution in [2.24, 2.45) is 5.73 Å². The van der Waals surface area contributed by atoms with Crippen LogP contribution in [0.25, 0.3) is 0 Å². The van der Waals surface area contributed by atoms with E-state index in [1.54, 1.807) is 14.2 Å². The lowest BCUT2D eigenvalue weighted by atomic mass is 10.0. The van der Waals surface area contributed by atoms with Gasteiger partial charge in [0, 0.05) is 0 Å². The topological polar surface area (TPSA) is 73.6 Å². The van der Waals surface area contributed by atoms with Gasteiger partial charge in [-0.05, 0) is 43.1 Å². The number of hydrogen-bond donors (Lipinski definition) is 2. The number of carbonyl (C=O) groups is 1. The molecule has 18 heavy (non-hydrogen) atoms. The van der Waals surface area contributed by atoms with Crippen molar-refractivity contribution in [3.63, 3.8) is 0 Å². The Morgan fingerprint density at radius 3 is 2.44 bits per heavy atom. The highest BCUT2D eigenvalue weighted by molar-refractivity contribution is 5.75. The Kier molecular flexibility index (Phi) is 5.45. The van der Waals surface area contributed by atoms with Crippen LogP contribution in [0.15, 0.2) is 12.1 Å². The van der Waals surface area contributed by atoms with Crippen LogP contribution >= 0.6 is 0 Å². The first-order valence-corrected chi connectivity index (χ1v) is 5.79.